The molecule has 0 radical (unpaired) electrons. The first-order valence-corrected chi connectivity index (χ1v) is 6.44. The maximum Gasteiger partial charge on any atom is 0.201 e. The van der Waals surface area contributed by atoms with Gasteiger partial charge in [-0.2, -0.15) is 0 Å². The lowest BCUT2D eigenvalue weighted by atomic mass is 10.2. The Hall–Kier alpha value is -2.14. The van der Waals surface area contributed by atoms with Crippen LogP contribution in [0, 0.1) is 12.7 Å². The average molecular weight is 291 g/mol. The third-order valence-electron chi connectivity index (χ3n) is 3.13. The van der Waals surface area contributed by atoms with E-state index in [1.54, 1.807) is 10.8 Å². The first-order valence-electron chi connectivity index (χ1n) is 6.07. The van der Waals surface area contributed by atoms with Crippen molar-refractivity contribution in [1.82, 2.24) is 14.5 Å². The van der Waals surface area contributed by atoms with Gasteiger partial charge in [-0.25, -0.2) is 9.37 Å². The van der Waals surface area contributed by atoms with Crippen molar-refractivity contribution in [2.24, 2.45) is 0 Å². The number of hydrogen-bond acceptors (Lipinski definition) is 3. The Morgan fingerprint density at radius 1 is 1.35 bits per heavy atom. The summed E-state index contributed by atoms with van der Waals surface area (Å²) in [5, 5.41) is 0.0562. The lowest BCUT2D eigenvalue weighted by Crippen LogP contribution is -2.05. The van der Waals surface area contributed by atoms with Gasteiger partial charge in [-0.1, -0.05) is 17.7 Å². The Morgan fingerprint density at radius 2 is 2.15 bits per heavy atom. The van der Waals surface area contributed by atoms with Crippen LogP contribution in [0.3, 0.4) is 0 Å². The molecule has 0 unspecified atom stereocenters. The molecule has 3 aromatic rings. The second kappa shape index (κ2) is 4.76. The first-order chi connectivity index (χ1) is 9.54. The van der Waals surface area contributed by atoms with Gasteiger partial charge < -0.3 is 10.3 Å². The molecule has 20 heavy (non-hydrogen) atoms. The van der Waals surface area contributed by atoms with Crippen molar-refractivity contribution in [3.63, 3.8) is 0 Å². The van der Waals surface area contributed by atoms with E-state index in [9.17, 15) is 4.39 Å². The monoisotopic (exact) mass is 290 g/mol. The van der Waals surface area contributed by atoms with Crippen LogP contribution in [-0.4, -0.2) is 14.5 Å². The molecule has 0 aliphatic rings. The minimum atomic E-state index is -0.499. The number of rotatable bonds is 2. The Kier molecular flexibility index (Phi) is 3.06. The van der Waals surface area contributed by atoms with E-state index >= 15 is 0 Å². The molecule has 2 aromatic heterocycles. The highest BCUT2D eigenvalue weighted by atomic mass is 35.5. The lowest BCUT2D eigenvalue weighted by Gasteiger charge is -2.07. The van der Waals surface area contributed by atoms with Crippen LogP contribution in [0.1, 0.15) is 11.3 Å². The van der Waals surface area contributed by atoms with Crippen molar-refractivity contribution in [2.45, 2.75) is 13.5 Å². The minimum Gasteiger partial charge on any atom is -0.369 e. The Labute approximate surface area is 120 Å². The second-order valence-electron chi connectivity index (χ2n) is 4.62. The summed E-state index contributed by atoms with van der Waals surface area (Å²) >= 11 is 5.82. The summed E-state index contributed by atoms with van der Waals surface area (Å²) in [6.45, 7) is 2.44. The maximum atomic E-state index is 13.4. The number of nitrogens with two attached hydrogens (primary N) is 1. The van der Waals surface area contributed by atoms with Crippen LogP contribution < -0.4 is 5.73 Å². The number of pyridine rings is 1. The van der Waals surface area contributed by atoms with Crippen LogP contribution in [0.5, 0.6) is 0 Å². The third-order valence-corrected chi connectivity index (χ3v) is 3.42. The molecule has 1 aromatic carbocycles. The van der Waals surface area contributed by atoms with Gasteiger partial charge in [-0.3, -0.25) is 4.98 Å². The minimum absolute atomic E-state index is 0.0562. The van der Waals surface area contributed by atoms with E-state index in [1.165, 1.54) is 12.1 Å². The molecule has 6 heteroatoms. The molecule has 0 saturated carbocycles. The third kappa shape index (κ3) is 2.20. The predicted octanol–water partition coefficient (Wildman–Crippen LogP) is 3.16. The maximum absolute atomic E-state index is 13.4. The van der Waals surface area contributed by atoms with Gasteiger partial charge in [0.2, 0.25) is 5.95 Å². The van der Waals surface area contributed by atoms with Gasteiger partial charge in [0.25, 0.3) is 0 Å². The zero-order valence-corrected chi connectivity index (χ0v) is 11.5. The molecule has 0 fully saturated rings. The number of hydrogen-bond donors (Lipinski definition) is 1. The highest BCUT2D eigenvalue weighted by molar-refractivity contribution is 6.31. The van der Waals surface area contributed by atoms with Gasteiger partial charge in [0, 0.05) is 18.0 Å². The molecular formula is C14H12ClFN4. The molecular weight excluding hydrogens is 279 g/mol. The topological polar surface area (TPSA) is 56.7 Å². The highest BCUT2D eigenvalue weighted by Gasteiger charge is 2.12. The normalized spacial score (nSPS) is 11.2. The molecule has 2 N–H and O–H groups in total. The number of benzene rings is 1. The Bertz CT molecular complexity index is 780. The number of nitrogen functional groups attached to an aromatic ring is 1. The summed E-state index contributed by atoms with van der Waals surface area (Å²) in [6.07, 6.45) is 1.78. The number of halogens is 2. The van der Waals surface area contributed by atoms with Crippen molar-refractivity contribution in [3.8, 4) is 0 Å². The van der Waals surface area contributed by atoms with Crippen LogP contribution in [-0.2, 0) is 6.54 Å². The number of imidazole rings is 1. The first kappa shape index (κ1) is 12.9. The Balaban J connectivity index is 2.08. The van der Waals surface area contributed by atoms with Crippen LogP contribution in [0.25, 0.3) is 11.0 Å². The predicted molar refractivity (Wildman–Crippen MR) is 77.2 cm³/mol. The molecule has 3 rings (SSSR count). The average Bonchev–Trinajstić information content (AvgIpc) is 2.69. The summed E-state index contributed by atoms with van der Waals surface area (Å²) in [5.74, 6) is -0.178. The van der Waals surface area contributed by atoms with Crippen molar-refractivity contribution in [2.75, 3.05) is 5.73 Å². The van der Waals surface area contributed by atoms with Crippen LogP contribution >= 0.6 is 11.6 Å². The molecule has 102 valence electrons. The van der Waals surface area contributed by atoms with E-state index in [-0.39, 0.29) is 5.02 Å². The zero-order chi connectivity index (χ0) is 14.3. The van der Waals surface area contributed by atoms with Crippen LogP contribution in [0.4, 0.5) is 10.3 Å². The molecule has 0 saturated heterocycles. The fraction of sp³-hybridized carbons (Fsp3) is 0.143. The number of fused-ring (bicyclic) bond motifs is 1. The molecule has 0 aliphatic heterocycles. The number of aromatic nitrogens is 3. The molecule has 0 amide bonds. The summed E-state index contributed by atoms with van der Waals surface area (Å²) < 4.78 is 15.2. The Morgan fingerprint density at radius 3 is 2.85 bits per heavy atom. The van der Waals surface area contributed by atoms with Gasteiger partial charge in [-0.15, -0.1) is 0 Å². The van der Waals surface area contributed by atoms with Crippen molar-refractivity contribution < 1.29 is 4.39 Å². The fourth-order valence-electron chi connectivity index (χ4n) is 2.08. The van der Waals surface area contributed by atoms with Crippen LogP contribution in [0.15, 0.2) is 30.5 Å². The summed E-state index contributed by atoms with van der Waals surface area (Å²) in [5.41, 5.74) is 9.03. The SMILES string of the molecule is Cc1ccc(Cn2c(N)nc3cc(F)c(Cl)cc32)cn1. The van der Waals surface area contributed by atoms with E-state index in [1.807, 2.05) is 19.1 Å². The van der Waals surface area contributed by atoms with E-state index in [0.717, 1.165) is 11.3 Å². The summed E-state index contributed by atoms with van der Waals surface area (Å²) in [6, 6.07) is 6.73. The van der Waals surface area contributed by atoms with E-state index in [0.29, 0.717) is 23.5 Å². The quantitative estimate of drug-likeness (QED) is 0.789. The van der Waals surface area contributed by atoms with Gasteiger partial charge in [-0.05, 0) is 24.6 Å². The zero-order valence-electron chi connectivity index (χ0n) is 10.8. The fourth-order valence-corrected chi connectivity index (χ4v) is 2.24. The second-order valence-corrected chi connectivity index (χ2v) is 5.03. The number of anilines is 1. The van der Waals surface area contributed by atoms with Crippen LogP contribution in [0.2, 0.25) is 5.02 Å². The summed E-state index contributed by atoms with van der Waals surface area (Å²) in [4.78, 5) is 8.39. The van der Waals surface area contributed by atoms with Crippen molar-refractivity contribution in [3.05, 3.63) is 52.6 Å². The molecule has 2 heterocycles. The van der Waals surface area contributed by atoms with Gasteiger partial charge in [0.15, 0.2) is 0 Å². The molecule has 0 spiro atoms. The standard InChI is InChI=1S/C14H12ClFN4/c1-8-2-3-9(6-18-8)7-20-13-4-10(15)11(16)5-12(13)19-14(20)17/h2-6H,7H2,1H3,(H2,17,19). The molecule has 4 nitrogen and oxygen atoms in total. The smallest absolute Gasteiger partial charge is 0.201 e. The molecule has 0 atom stereocenters. The lowest BCUT2D eigenvalue weighted by molar-refractivity contribution is 0.629. The van der Waals surface area contributed by atoms with E-state index in [4.69, 9.17) is 17.3 Å². The van der Waals surface area contributed by atoms with Gasteiger partial charge >= 0.3 is 0 Å². The molecule has 0 aliphatic carbocycles. The largest absolute Gasteiger partial charge is 0.369 e. The summed E-state index contributed by atoms with van der Waals surface area (Å²) in [7, 11) is 0. The van der Waals surface area contributed by atoms with E-state index < -0.39 is 5.82 Å². The molecule has 0 bridgehead atoms. The van der Waals surface area contributed by atoms with Crippen molar-refractivity contribution in [1.29, 1.82) is 0 Å². The number of nitrogens with zero attached hydrogens (tertiary/aromatic N) is 3. The van der Waals surface area contributed by atoms with Gasteiger partial charge in [0.05, 0.1) is 22.6 Å². The number of aryl methyl sites for hydroxylation is 1. The van der Waals surface area contributed by atoms with E-state index in [2.05, 4.69) is 9.97 Å². The van der Waals surface area contributed by atoms with Crippen molar-refractivity contribution >= 4 is 28.6 Å². The van der Waals surface area contributed by atoms with Gasteiger partial charge in [0.1, 0.15) is 5.82 Å². The highest BCUT2D eigenvalue weighted by Crippen LogP contribution is 2.25.